The fourth-order valence-corrected chi connectivity index (χ4v) is 2.87. The maximum absolute atomic E-state index is 12.2. The van der Waals surface area contributed by atoms with Gasteiger partial charge in [0.25, 0.3) is 5.91 Å². The van der Waals surface area contributed by atoms with Gasteiger partial charge in [0.1, 0.15) is 12.4 Å². The molecule has 2 aromatic carbocycles. The number of nitrogens with zero attached hydrogens (tertiary/aromatic N) is 3. The van der Waals surface area contributed by atoms with E-state index in [2.05, 4.69) is 41.5 Å². The van der Waals surface area contributed by atoms with Gasteiger partial charge in [0, 0.05) is 0 Å². The number of imidazole rings is 1. The Labute approximate surface area is 147 Å². The molecule has 0 spiro atoms. The summed E-state index contributed by atoms with van der Waals surface area (Å²) >= 11 is 0. The lowest BCUT2D eigenvalue weighted by Crippen LogP contribution is -2.23. The second kappa shape index (κ2) is 6.89. The highest BCUT2D eigenvalue weighted by molar-refractivity contribution is 5.85. The highest BCUT2D eigenvalue weighted by atomic mass is 16.2. The van der Waals surface area contributed by atoms with E-state index in [1.165, 1.54) is 11.1 Å². The van der Waals surface area contributed by atoms with Gasteiger partial charge in [-0.3, -0.25) is 4.79 Å². The molecule has 0 saturated heterocycles. The SMILES string of the molecule is Cc1cc(C)c(/C=N\NC(=O)Cn2c(C)nc3ccccc32)cc1C. The van der Waals surface area contributed by atoms with Gasteiger partial charge in [-0.15, -0.1) is 0 Å². The monoisotopic (exact) mass is 334 g/mol. The van der Waals surface area contributed by atoms with Crippen LogP contribution in [0.15, 0.2) is 41.5 Å². The van der Waals surface area contributed by atoms with Gasteiger partial charge < -0.3 is 4.57 Å². The molecule has 0 aliphatic rings. The number of aromatic nitrogens is 2. The van der Waals surface area contributed by atoms with Crippen molar-refractivity contribution >= 4 is 23.2 Å². The molecule has 1 amide bonds. The van der Waals surface area contributed by atoms with Crippen LogP contribution in [0.25, 0.3) is 11.0 Å². The van der Waals surface area contributed by atoms with Crippen LogP contribution in [-0.2, 0) is 11.3 Å². The van der Waals surface area contributed by atoms with E-state index in [0.717, 1.165) is 28.0 Å². The van der Waals surface area contributed by atoms with Crippen LogP contribution in [0.3, 0.4) is 0 Å². The first-order valence-corrected chi connectivity index (χ1v) is 8.27. The minimum absolute atomic E-state index is 0.177. The van der Waals surface area contributed by atoms with E-state index in [4.69, 9.17) is 0 Å². The Bertz CT molecular complexity index is 969. The first-order valence-electron chi connectivity index (χ1n) is 8.27. The molecule has 25 heavy (non-hydrogen) atoms. The summed E-state index contributed by atoms with van der Waals surface area (Å²) in [6, 6.07) is 12.0. The van der Waals surface area contributed by atoms with Crippen LogP contribution in [0.5, 0.6) is 0 Å². The van der Waals surface area contributed by atoms with Gasteiger partial charge in [0.05, 0.1) is 17.2 Å². The van der Waals surface area contributed by atoms with Gasteiger partial charge in [-0.2, -0.15) is 5.10 Å². The fraction of sp³-hybridized carbons (Fsp3) is 0.250. The summed E-state index contributed by atoms with van der Waals surface area (Å²) in [6.07, 6.45) is 1.69. The Morgan fingerprint density at radius 1 is 1.12 bits per heavy atom. The number of carbonyl (C=O) groups excluding carboxylic acids is 1. The number of rotatable bonds is 4. The number of hydrazone groups is 1. The Kier molecular flexibility index (Phi) is 4.65. The summed E-state index contributed by atoms with van der Waals surface area (Å²) in [5, 5.41) is 4.11. The molecule has 0 radical (unpaired) electrons. The van der Waals surface area contributed by atoms with Gasteiger partial charge in [-0.1, -0.05) is 18.2 Å². The highest BCUT2D eigenvalue weighted by Gasteiger charge is 2.10. The van der Waals surface area contributed by atoms with Crippen molar-refractivity contribution in [2.75, 3.05) is 0 Å². The lowest BCUT2D eigenvalue weighted by atomic mass is 10.0. The summed E-state index contributed by atoms with van der Waals surface area (Å²) in [5.41, 5.74) is 9.05. The zero-order valence-electron chi connectivity index (χ0n) is 15.0. The number of hydrogen-bond acceptors (Lipinski definition) is 3. The van der Waals surface area contributed by atoms with Crippen LogP contribution in [0, 0.1) is 27.7 Å². The van der Waals surface area contributed by atoms with Crippen molar-refractivity contribution in [3.63, 3.8) is 0 Å². The second-order valence-electron chi connectivity index (χ2n) is 6.32. The van der Waals surface area contributed by atoms with Gasteiger partial charge in [0.15, 0.2) is 0 Å². The van der Waals surface area contributed by atoms with Crippen molar-refractivity contribution in [1.29, 1.82) is 0 Å². The van der Waals surface area contributed by atoms with Crippen LogP contribution in [-0.4, -0.2) is 21.7 Å². The largest absolute Gasteiger partial charge is 0.319 e. The number of aryl methyl sites for hydroxylation is 4. The standard InChI is InChI=1S/C20H22N4O/c1-13-9-15(3)17(10-14(13)2)11-21-23-20(25)12-24-16(4)22-18-7-5-6-8-19(18)24/h5-11H,12H2,1-4H3,(H,23,25)/b21-11-. The predicted octanol–water partition coefficient (Wildman–Crippen LogP) is 3.42. The molecule has 5 nitrogen and oxygen atoms in total. The highest BCUT2D eigenvalue weighted by Crippen LogP contribution is 2.15. The number of benzene rings is 2. The van der Waals surface area contributed by atoms with E-state index in [9.17, 15) is 4.79 Å². The maximum atomic E-state index is 12.2. The van der Waals surface area contributed by atoms with E-state index in [0.29, 0.717) is 0 Å². The average Bonchev–Trinajstić information content (AvgIpc) is 2.88. The molecule has 0 aliphatic heterocycles. The average molecular weight is 334 g/mol. The first-order chi connectivity index (χ1) is 12.0. The third-order valence-electron chi connectivity index (χ3n) is 4.42. The van der Waals surface area contributed by atoms with Crippen LogP contribution in [0.1, 0.15) is 28.1 Å². The Hall–Kier alpha value is -2.95. The molecule has 3 rings (SSSR count). The molecule has 0 bridgehead atoms. The summed E-state index contributed by atoms with van der Waals surface area (Å²) in [4.78, 5) is 16.7. The number of hydrogen-bond donors (Lipinski definition) is 1. The summed E-state index contributed by atoms with van der Waals surface area (Å²) in [7, 11) is 0. The minimum atomic E-state index is -0.177. The van der Waals surface area contributed by atoms with E-state index < -0.39 is 0 Å². The molecule has 0 unspecified atom stereocenters. The molecule has 1 heterocycles. The number of carbonyl (C=O) groups is 1. The zero-order valence-corrected chi connectivity index (χ0v) is 15.0. The third-order valence-corrected chi connectivity index (χ3v) is 4.42. The van der Waals surface area contributed by atoms with Crippen LogP contribution in [0.4, 0.5) is 0 Å². The summed E-state index contributed by atoms with van der Waals surface area (Å²) in [5.74, 6) is 0.634. The van der Waals surface area contributed by atoms with E-state index in [1.54, 1.807) is 6.21 Å². The molecular weight excluding hydrogens is 312 g/mol. The van der Waals surface area contributed by atoms with E-state index in [1.807, 2.05) is 42.7 Å². The molecule has 0 aliphatic carbocycles. The smallest absolute Gasteiger partial charge is 0.260 e. The number of amides is 1. The quantitative estimate of drug-likeness (QED) is 0.587. The second-order valence-corrected chi connectivity index (χ2v) is 6.32. The lowest BCUT2D eigenvalue weighted by molar-refractivity contribution is -0.121. The number of para-hydroxylation sites is 2. The topological polar surface area (TPSA) is 59.3 Å². The van der Waals surface area contributed by atoms with Crippen molar-refractivity contribution in [2.24, 2.45) is 5.10 Å². The van der Waals surface area contributed by atoms with Crippen molar-refractivity contribution in [3.05, 3.63) is 64.5 Å². The molecule has 3 aromatic rings. The molecule has 0 atom stereocenters. The molecule has 1 aromatic heterocycles. The number of fused-ring (bicyclic) bond motifs is 1. The molecule has 128 valence electrons. The molecular formula is C20H22N4O. The Morgan fingerprint density at radius 2 is 1.84 bits per heavy atom. The van der Waals surface area contributed by atoms with Crippen molar-refractivity contribution in [1.82, 2.24) is 15.0 Å². The minimum Gasteiger partial charge on any atom is -0.319 e. The van der Waals surface area contributed by atoms with E-state index in [-0.39, 0.29) is 12.5 Å². The molecule has 1 N–H and O–H groups in total. The van der Waals surface area contributed by atoms with Crippen LogP contribution >= 0.6 is 0 Å². The van der Waals surface area contributed by atoms with Crippen LogP contribution in [0.2, 0.25) is 0 Å². The fourth-order valence-electron chi connectivity index (χ4n) is 2.87. The van der Waals surface area contributed by atoms with Crippen LogP contribution < -0.4 is 5.43 Å². The Balaban J connectivity index is 1.71. The van der Waals surface area contributed by atoms with Gasteiger partial charge in [0.2, 0.25) is 0 Å². The predicted molar refractivity (Wildman–Crippen MR) is 101 cm³/mol. The van der Waals surface area contributed by atoms with Gasteiger partial charge in [-0.25, -0.2) is 10.4 Å². The summed E-state index contributed by atoms with van der Waals surface area (Å²) in [6.45, 7) is 8.28. The van der Waals surface area contributed by atoms with Gasteiger partial charge in [-0.05, 0) is 68.1 Å². The maximum Gasteiger partial charge on any atom is 0.260 e. The van der Waals surface area contributed by atoms with Crippen molar-refractivity contribution in [2.45, 2.75) is 34.2 Å². The summed E-state index contributed by atoms with van der Waals surface area (Å²) < 4.78 is 1.89. The zero-order chi connectivity index (χ0) is 18.0. The molecule has 5 heteroatoms. The van der Waals surface area contributed by atoms with Gasteiger partial charge >= 0.3 is 0 Å². The first kappa shape index (κ1) is 16.9. The Morgan fingerprint density at radius 3 is 2.64 bits per heavy atom. The van der Waals surface area contributed by atoms with E-state index >= 15 is 0 Å². The normalized spacial score (nSPS) is 11.4. The van der Waals surface area contributed by atoms with Crippen molar-refractivity contribution in [3.8, 4) is 0 Å². The number of nitrogens with one attached hydrogen (secondary N) is 1. The molecule has 0 saturated carbocycles. The lowest BCUT2D eigenvalue weighted by Gasteiger charge is -2.07. The van der Waals surface area contributed by atoms with Crippen molar-refractivity contribution < 1.29 is 4.79 Å². The third kappa shape index (κ3) is 3.60. The molecule has 0 fully saturated rings.